The molecule has 0 atom stereocenters. The number of aliphatic imine (C=N–C) groups is 1. The van der Waals surface area contributed by atoms with Crippen LogP contribution in [0.2, 0.25) is 0 Å². The summed E-state index contributed by atoms with van der Waals surface area (Å²) in [5.74, 6) is 0.907. The molecule has 1 aliphatic rings. The fourth-order valence-corrected chi connectivity index (χ4v) is 3.04. The normalized spacial score (nSPS) is 16.1. The number of aromatic nitrogens is 3. The van der Waals surface area contributed by atoms with Crippen molar-refractivity contribution >= 4 is 5.96 Å². The maximum absolute atomic E-state index is 5.95. The molecule has 1 fully saturated rings. The van der Waals surface area contributed by atoms with Crippen LogP contribution in [0.25, 0.3) is 0 Å². The Labute approximate surface area is 151 Å². The third-order valence-corrected chi connectivity index (χ3v) is 4.42. The Hall–Kier alpha value is -1.63. The molecule has 7 heteroatoms. The molecular formula is C18H34N6O. The van der Waals surface area contributed by atoms with E-state index in [0.29, 0.717) is 6.10 Å². The second-order valence-electron chi connectivity index (χ2n) is 6.58. The van der Waals surface area contributed by atoms with Crippen LogP contribution in [0.5, 0.6) is 0 Å². The summed E-state index contributed by atoms with van der Waals surface area (Å²) in [6.07, 6.45) is 13.7. The molecule has 142 valence electrons. The highest BCUT2D eigenvalue weighted by Crippen LogP contribution is 2.20. The van der Waals surface area contributed by atoms with Gasteiger partial charge in [0.05, 0.1) is 6.10 Å². The number of rotatable bonds is 11. The van der Waals surface area contributed by atoms with Crippen molar-refractivity contribution in [2.24, 2.45) is 4.99 Å². The lowest BCUT2D eigenvalue weighted by atomic mass is 9.98. The zero-order chi connectivity index (χ0) is 17.6. The van der Waals surface area contributed by atoms with Crippen LogP contribution >= 0.6 is 0 Å². The molecule has 0 saturated heterocycles. The maximum Gasteiger partial charge on any atom is 0.191 e. The first-order valence-corrected chi connectivity index (χ1v) is 9.84. The first kappa shape index (κ1) is 19.7. The van der Waals surface area contributed by atoms with Crippen molar-refractivity contribution in [3.63, 3.8) is 0 Å². The van der Waals surface area contributed by atoms with E-state index < -0.39 is 0 Å². The van der Waals surface area contributed by atoms with Crippen molar-refractivity contribution in [2.45, 2.75) is 70.9 Å². The number of ether oxygens (including phenoxy) is 1. The lowest BCUT2D eigenvalue weighted by Gasteiger charge is -2.21. The average molecular weight is 351 g/mol. The van der Waals surface area contributed by atoms with E-state index in [9.17, 15) is 0 Å². The SMILES string of the molecule is CCNC(=NCCCOC1CCCCC1)NCCCCn1cnnc1. The fraction of sp³-hybridized carbons (Fsp3) is 0.833. The first-order chi connectivity index (χ1) is 12.4. The van der Waals surface area contributed by atoms with Gasteiger partial charge in [-0.15, -0.1) is 10.2 Å². The van der Waals surface area contributed by atoms with Crippen molar-refractivity contribution < 1.29 is 4.74 Å². The molecule has 0 aliphatic heterocycles. The molecule has 0 unspecified atom stereocenters. The molecular weight excluding hydrogens is 316 g/mol. The van der Waals surface area contributed by atoms with Crippen LogP contribution in [0.1, 0.15) is 58.3 Å². The maximum atomic E-state index is 5.95. The molecule has 1 aliphatic carbocycles. The van der Waals surface area contributed by atoms with Gasteiger partial charge in [0.1, 0.15) is 12.7 Å². The van der Waals surface area contributed by atoms with E-state index in [1.54, 1.807) is 12.7 Å². The third kappa shape index (κ3) is 8.86. The van der Waals surface area contributed by atoms with Gasteiger partial charge >= 0.3 is 0 Å². The van der Waals surface area contributed by atoms with Crippen LogP contribution < -0.4 is 10.6 Å². The van der Waals surface area contributed by atoms with E-state index in [4.69, 9.17) is 4.74 Å². The van der Waals surface area contributed by atoms with Crippen molar-refractivity contribution in [3.05, 3.63) is 12.7 Å². The molecule has 1 saturated carbocycles. The molecule has 0 radical (unpaired) electrons. The molecule has 25 heavy (non-hydrogen) atoms. The monoisotopic (exact) mass is 350 g/mol. The van der Waals surface area contributed by atoms with Gasteiger partial charge in [0.25, 0.3) is 0 Å². The minimum atomic E-state index is 0.495. The van der Waals surface area contributed by atoms with E-state index >= 15 is 0 Å². The van der Waals surface area contributed by atoms with Crippen LogP contribution in [0, 0.1) is 0 Å². The predicted octanol–water partition coefficient (Wildman–Crippen LogP) is 2.35. The Kier molecular flexibility index (Phi) is 10.00. The van der Waals surface area contributed by atoms with E-state index in [2.05, 4.69) is 32.7 Å². The van der Waals surface area contributed by atoms with Crippen LogP contribution in [0.3, 0.4) is 0 Å². The molecule has 1 aromatic heterocycles. The van der Waals surface area contributed by atoms with Gasteiger partial charge in [0.15, 0.2) is 5.96 Å². The summed E-state index contributed by atoms with van der Waals surface area (Å²) in [4.78, 5) is 4.63. The quantitative estimate of drug-likeness (QED) is 0.364. The summed E-state index contributed by atoms with van der Waals surface area (Å²) in [6.45, 7) is 6.49. The van der Waals surface area contributed by atoms with E-state index in [-0.39, 0.29) is 0 Å². The van der Waals surface area contributed by atoms with Gasteiger partial charge in [0.2, 0.25) is 0 Å². The summed E-state index contributed by atoms with van der Waals surface area (Å²) in [5, 5.41) is 14.3. The summed E-state index contributed by atoms with van der Waals surface area (Å²) < 4.78 is 7.96. The minimum absolute atomic E-state index is 0.495. The smallest absolute Gasteiger partial charge is 0.191 e. The van der Waals surface area contributed by atoms with Crippen molar-refractivity contribution in [3.8, 4) is 0 Å². The zero-order valence-corrected chi connectivity index (χ0v) is 15.6. The Morgan fingerprint density at radius 3 is 2.68 bits per heavy atom. The topological polar surface area (TPSA) is 76.4 Å². The number of guanidine groups is 1. The fourth-order valence-electron chi connectivity index (χ4n) is 3.04. The summed E-state index contributed by atoms with van der Waals surface area (Å²) in [7, 11) is 0. The van der Waals surface area contributed by atoms with E-state index in [1.807, 2.05) is 4.57 Å². The number of nitrogens with zero attached hydrogens (tertiary/aromatic N) is 4. The lowest BCUT2D eigenvalue weighted by molar-refractivity contribution is 0.0281. The predicted molar refractivity (Wildman–Crippen MR) is 101 cm³/mol. The number of unbranched alkanes of at least 4 members (excludes halogenated alkanes) is 1. The van der Waals surface area contributed by atoms with Crippen molar-refractivity contribution in [1.82, 2.24) is 25.4 Å². The largest absolute Gasteiger partial charge is 0.378 e. The Balaban J connectivity index is 1.52. The van der Waals surface area contributed by atoms with E-state index in [0.717, 1.165) is 58.0 Å². The summed E-state index contributed by atoms with van der Waals surface area (Å²) >= 11 is 0. The summed E-state index contributed by atoms with van der Waals surface area (Å²) in [5.41, 5.74) is 0. The van der Waals surface area contributed by atoms with Crippen molar-refractivity contribution in [2.75, 3.05) is 26.2 Å². The van der Waals surface area contributed by atoms with Crippen LogP contribution in [0.15, 0.2) is 17.6 Å². The zero-order valence-electron chi connectivity index (χ0n) is 15.6. The molecule has 0 aromatic carbocycles. The highest BCUT2D eigenvalue weighted by Gasteiger charge is 2.12. The number of hydrogen-bond donors (Lipinski definition) is 2. The standard InChI is InChI=1S/C18H34N6O/c1-2-19-18(20-11-6-7-13-24-15-22-23-16-24)21-12-8-14-25-17-9-4-3-5-10-17/h15-17H,2-14H2,1H3,(H2,19,20,21). The number of aryl methyl sites for hydroxylation is 1. The van der Waals surface area contributed by atoms with Crippen LogP contribution in [-0.2, 0) is 11.3 Å². The molecule has 2 rings (SSSR count). The third-order valence-electron chi connectivity index (χ3n) is 4.42. The van der Waals surface area contributed by atoms with Crippen LogP contribution in [-0.4, -0.2) is 53.1 Å². The molecule has 1 aromatic rings. The molecule has 1 heterocycles. The van der Waals surface area contributed by atoms with Gasteiger partial charge in [-0.3, -0.25) is 4.99 Å². The Morgan fingerprint density at radius 2 is 1.92 bits per heavy atom. The highest BCUT2D eigenvalue weighted by molar-refractivity contribution is 5.79. The Morgan fingerprint density at radius 1 is 1.12 bits per heavy atom. The van der Waals surface area contributed by atoms with Gasteiger partial charge in [-0.25, -0.2) is 0 Å². The first-order valence-electron chi connectivity index (χ1n) is 9.84. The van der Waals surface area contributed by atoms with Gasteiger partial charge in [0, 0.05) is 32.8 Å². The molecule has 7 nitrogen and oxygen atoms in total. The summed E-state index contributed by atoms with van der Waals surface area (Å²) in [6, 6.07) is 0. The van der Waals surface area contributed by atoms with Gasteiger partial charge in [-0.05, 0) is 39.0 Å². The molecule has 0 spiro atoms. The van der Waals surface area contributed by atoms with Crippen LogP contribution in [0.4, 0.5) is 0 Å². The average Bonchev–Trinajstić information content (AvgIpc) is 3.15. The van der Waals surface area contributed by atoms with E-state index in [1.165, 1.54) is 32.1 Å². The van der Waals surface area contributed by atoms with Gasteiger partial charge in [-0.2, -0.15) is 0 Å². The Bertz CT molecular complexity index is 456. The number of hydrogen-bond acceptors (Lipinski definition) is 4. The molecule has 0 bridgehead atoms. The lowest BCUT2D eigenvalue weighted by Crippen LogP contribution is -2.38. The number of nitrogens with one attached hydrogen (secondary N) is 2. The van der Waals surface area contributed by atoms with Gasteiger partial charge < -0.3 is 19.9 Å². The second-order valence-corrected chi connectivity index (χ2v) is 6.58. The second kappa shape index (κ2) is 12.7. The molecule has 2 N–H and O–H groups in total. The minimum Gasteiger partial charge on any atom is -0.378 e. The van der Waals surface area contributed by atoms with Gasteiger partial charge in [-0.1, -0.05) is 19.3 Å². The highest BCUT2D eigenvalue weighted by atomic mass is 16.5. The van der Waals surface area contributed by atoms with Crippen molar-refractivity contribution in [1.29, 1.82) is 0 Å². The molecule has 0 amide bonds.